The quantitative estimate of drug-likeness (QED) is 0.383. The molecule has 0 aliphatic carbocycles. The van der Waals surface area contributed by atoms with Gasteiger partial charge in [0.2, 0.25) is 0 Å². The molecular formula is C20H22F3N3O3. The van der Waals surface area contributed by atoms with Gasteiger partial charge in [-0.15, -0.1) is 0 Å². The zero-order valence-electron chi connectivity index (χ0n) is 16.6. The zero-order valence-corrected chi connectivity index (χ0v) is 16.6. The number of nitrogens with zero attached hydrogens (tertiary/aromatic N) is 3. The first-order valence-corrected chi connectivity index (χ1v) is 8.84. The van der Waals surface area contributed by atoms with Crippen molar-refractivity contribution >= 4 is 5.97 Å². The number of alkyl halides is 3. The Bertz CT molecular complexity index is 927. The van der Waals surface area contributed by atoms with Crippen LogP contribution < -0.4 is 0 Å². The van der Waals surface area contributed by atoms with Crippen molar-refractivity contribution in [2.24, 2.45) is 0 Å². The first-order valence-electron chi connectivity index (χ1n) is 8.84. The van der Waals surface area contributed by atoms with E-state index in [0.29, 0.717) is 16.1 Å². The molecule has 9 heteroatoms. The van der Waals surface area contributed by atoms with Crippen LogP contribution in [0.2, 0.25) is 0 Å². The molecule has 0 bridgehead atoms. The van der Waals surface area contributed by atoms with Crippen molar-refractivity contribution in [1.29, 1.82) is 0 Å². The summed E-state index contributed by atoms with van der Waals surface area (Å²) in [6, 6.07) is 4.62. The molecule has 0 aliphatic heterocycles. The second-order valence-electron chi connectivity index (χ2n) is 6.28. The van der Waals surface area contributed by atoms with E-state index in [1.54, 1.807) is 18.2 Å². The fourth-order valence-corrected chi connectivity index (χ4v) is 2.47. The van der Waals surface area contributed by atoms with Gasteiger partial charge >= 0.3 is 12.1 Å². The van der Waals surface area contributed by atoms with Gasteiger partial charge in [0.05, 0.1) is 25.6 Å². The molecule has 0 aromatic carbocycles. The Morgan fingerprint density at radius 3 is 2.55 bits per heavy atom. The number of esters is 1. The van der Waals surface area contributed by atoms with Crippen LogP contribution in [0.25, 0.3) is 5.82 Å². The lowest BCUT2D eigenvalue weighted by Crippen LogP contribution is -2.19. The van der Waals surface area contributed by atoms with Crippen LogP contribution >= 0.6 is 0 Å². The summed E-state index contributed by atoms with van der Waals surface area (Å²) in [5.74, 6) is -0.559. The van der Waals surface area contributed by atoms with E-state index in [1.807, 2.05) is 19.9 Å². The minimum atomic E-state index is -4.82. The second-order valence-corrected chi connectivity index (χ2v) is 6.28. The summed E-state index contributed by atoms with van der Waals surface area (Å²) in [5, 5.41) is 3.73. The van der Waals surface area contributed by atoms with Crippen molar-refractivity contribution in [3.05, 3.63) is 64.8 Å². The van der Waals surface area contributed by atoms with Crippen LogP contribution in [-0.4, -0.2) is 34.5 Å². The number of hydrogen-bond acceptors (Lipinski definition) is 5. The van der Waals surface area contributed by atoms with Gasteiger partial charge in [0.1, 0.15) is 11.3 Å². The lowest BCUT2D eigenvalue weighted by atomic mass is 10.2. The Morgan fingerprint density at radius 1 is 1.24 bits per heavy atom. The highest BCUT2D eigenvalue weighted by molar-refractivity contribution is 5.90. The maximum atomic E-state index is 13.6. The summed E-state index contributed by atoms with van der Waals surface area (Å²) in [4.78, 5) is 16.2. The predicted molar refractivity (Wildman–Crippen MR) is 101 cm³/mol. The fraction of sp³-hybridized carbons (Fsp3) is 0.350. The Morgan fingerprint density at radius 2 is 1.97 bits per heavy atom. The smallest absolute Gasteiger partial charge is 0.434 e. The van der Waals surface area contributed by atoms with Crippen LogP contribution in [-0.2, 0) is 22.1 Å². The molecule has 0 fully saturated rings. The molecule has 2 heterocycles. The van der Waals surface area contributed by atoms with Crippen molar-refractivity contribution < 1.29 is 27.4 Å². The van der Waals surface area contributed by atoms with E-state index in [0.717, 1.165) is 11.8 Å². The Balaban J connectivity index is 2.46. The van der Waals surface area contributed by atoms with Crippen molar-refractivity contribution in [3.63, 3.8) is 0 Å². The Labute approximate surface area is 166 Å². The summed E-state index contributed by atoms with van der Waals surface area (Å²) < 4.78 is 51.5. The number of pyridine rings is 1. The molecule has 0 atom stereocenters. The SMILES string of the molecule is CCOC(=O)c1cnn(-c2cccc(C/C(=C\C=C(C)C)OC)n2)c1C(F)(F)F. The molecule has 2 aromatic rings. The van der Waals surface area contributed by atoms with E-state index in [1.165, 1.54) is 20.1 Å². The van der Waals surface area contributed by atoms with Gasteiger partial charge < -0.3 is 9.47 Å². The van der Waals surface area contributed by atoms with E-state index in [2.05, 4.69) is 10.1 Å². The molecule has 0 aliphatic rings. The number of methoxy groups -OCH3 is 1. The van der Waals surface area contributed by atoms with Gasteiger partial charge in [0.25, 0.3) is 0 Å². The second kappa shape index (κ2) is 9.40. The molecule has 6 nitrogen and oxygen atoms in total. The van der Waals surface area contributed by atoms with Crippen LogP contribution in [0.5, 0.6) is 0 Å². The summed E-state index contributed by atoms with van der Waals surface area (Å²) in [5.41, 5.74) is -0.335. The standard InChI is InChI=1S/C20H22F3N3O3/c1-5-29-19(27)16-12-24-26(18(16)20(21,22)23)17-8-6-7-14(25-17)11-15(28-4)10-9-13(2)3/h6-10,12H,5,11H2,1-4H3/b15-10+. The van der Waals surface area contributed by atoms with Crippen LogP contribution in [0.15, 0.2) is 47.9 Å². The minimum Gasteiger partial charge on any atom is -0.501 e. The number of allylic oxidation sites excluding steroid dienone is 4. The van der Waals surface area contributed by atoms with Gasteiger partial charge in [0, 0.05) is 6.42 Å². The number of aromatic nitrogens is 3. The lowest BCUT2D eigenvalue weighted by Gasteiger charge is -2.13. The minimum absolute atomic E-state index is 0.0488. The van der Waals surface area contributed by atoms with Gasteiger partial charge in [-0.2, -0.15) is 18.3 Å². The number of carbonyl (C=O) groups is 1. The summed E-state index contributed by atoms with van der Waals surface area (Å²) in [7, 11) is 1.51. The third-order valence-corrected chi connectivity index (χ3v) is 3.76. The Hall–Kier alpha value is -3.10. The van der Waals surface area contributed by atoms with Gasteiger partial charge in [-0.1, -0.05) is 17.7 Å². The third-order valence-electron chi connectivity index (χ3n) is 3.76. The highest BCUT2D eigenvalue weighted by atomic mass is 19.4. The number of halogens is 3. The molecule has 156 valence electrons. The zero-order chi connectivity index (χ0) is 21.6. The molecule has 0 unspecified atom stereocenters. The van der Waals surface area contributed by atoms with Gasteiger partial charge in [-0.05, 0) is 39.0 Å². The molecule has 0 radical (unpaired) electrons. The van der Waals surface area contributed by atoms with E-state index < -0.39 is 23.4 Å². The van der Waals surface area contributed by atoms with Gasteiger partial charge in [0.15, 0.2) is 11.5 Å². The average molecular weight is 409 g/mol. The molecule has 0 saturated carbocycles. The number of carbonyl (C=O) groups excluding carboxylic acids is 1. The topological polar surface area (TPSA) is 66.2 Å². The summed E-state index contributed by atoms with van der Waals surface area (Å²) in [6.07, 6.45) is -0.0650. The Kier molecular flexibility index (Phi) is 7.19. The van der Waals surface area contributed by atoms with Crippen LogP contribution in [0.4, 0.5) is 13.2 Å². The maximum Gasteiger partial charge on any atom is 0.434 e. The van der Waals surface area contributed by atoms with E-state index in [-0.39, 0.29) is 18.8 Å². The lowest BCUT2D eigenvalue weighted by molar-refractivity contribution is -0.143. The van der Waals surface area contributed by atoms with Crippen LogP contribution in [0.3, 0.4) is 0 Å². The molecular weight excluding hydrogens is 387 g/mol. The van der Waals surface area contributed by atoms with Crippen molar-refractivity contribution in [2.75, 3.05) is 13.7 Å². The molecule has 2 aromatic heterocycles. The van der Waals surface area contributed by atoms with Gasteiger partial charge in [-0.25, -0.2) is 14.5 Å². The van der Waals surface area contributed by atoms with Crippen LogP contribution in [0, 0.1) is 0 Å². The number of hydrogen-bond donors (Lipinski definition) is 0. The third kappa shape index (κ3) is 5.69. The molecule has 29 heavy (non-hydrogen) atoms. The van der Waals surface area contributed by atoms with Crippen molar-refractivity contribution in [1.82, 2.24) is 14.8 Å². The largest absolute Gasteiger partial charge is 0.501 e. The maximum absolute atomic E-state index is 13.6. The van der Waals surface area contributed by atoms with E-state index in [4.69, 9.17) is 9.47 Å². The average Bonchev–Trinajstić information content (AvgIpc) is 3.11. The van der Waals surface area contributed by atoms with E-state index >= 15 is 0 Å². The van der Waals surface area contributed by atoms with Crippen molar-refractivity contribution in [2.45, 2.75) is 33.4 Å². The molecule has 0 N–H and O–H groups in total. The molecule has 2 rings (SSSR count). The normalized spacial score (nSPS) is 11.9. The number of ether oxygens (including phenoxy) is 2. The molecule has 0 saturated heterocycles. The highest BCUT2D eigenvalue weighted by Crippen LogP contribution is 2.33. The molecule has 0 spiro atoms. The van der Waals surface area contributed by atoms with E-state index in [9.17, 15) is 18.0 Å². The first kappa shape index (κ1) is 22.2. The van der Waals surface area contributed by atoms with Crippen LogP contribution in [0.1, 0.15) is 42.5 Å². The first-order chi connectivity index (χ1) is 13.7. The monoisotopic (exact) mass is 409 g/mol. The van der Waals surface area contributed by atoms with Gasteiger partial charge in [-0.3, -0.25) is 0 Å². The summed E-state index contributed by atoms with van der Waals surface area (Å²) in [6.45, 7) is 5.32. The highest BCUT2D eigenvalue weighted by Gasteiger charge is 2.41. The van der Waals surface area contributed by atoms with Crippen molar-refractivity contribution in [3.8, 4) is 5.82 Å². The fourth-order valence-electron chi connectivity index (χ4n) is 2.47. The predicted octanol–water partition coefficient (Wildman–Crippen LogP) is 4.50. The summed E-state index contributed by atoms with van der Waals surface area (Å²) >= 11 is 0. The number of rotatable bonds is 7. The molecule has 0 amide bonds.